The minimum absolute atomic E-state index is 0.0185. The van der Waals surface area contributed by atoms with Crippen LogP contribution in [0.3, 0.4) is 0 Å². The first-order valence-corrected chi connectivity index (χ1v) is 21.9. The zero-order chi connectivity index (χ0) is 44.1. The highest BCUT2D eigenvalue weighted by atomic mass is 31.2. The van der Waals surface area contributed by atoms with Crippen molar-refractivity contribution in [2.45, 2.75) is 79.7 Å². The predicted octanol–water partition coefficient (Wildman–Crippen LogP) is 12.1. The van der Waals surface area contributed by atoms with Crippen molar-refractivity contribution in [2.75, 3.05) is 26.0 Å². The molecule has 322 valence electrons. The Balaban J connectivity index is 1.54. The van der Waals surface area contributed by atoms with E-state index in [-0.39, 0.29) is 42.2 Å². The molecule has 1 heterocycles. The summed E-state index contributed by atoms with van der Waals surface area (Å²) in [5.41, 5.74) is 6.05. The second-order valence-corrected chi connectivity index (χ2v) is 17.1. The highest BCUT2D eigenvalue weighted by Gasteiger charge is 2.42. The first-order valence-electron chi connectivity index (χ1n) is 20.2. The molecule has 0 radical (unpaired) electrons. The Kier molecular flexibility index (Phi) is 14.2. The van der Waals surface area contributed by atoms with E-state index in [0.29, 0.717) is 47.9 Å². The van der Waals surface area contributed by atoms with Crippen molar-refractivity contribution in [3.05, 3.63) is 124 Å². The number of alkyl halides is 4. The first-order chi connectivity index (χ1) is 29.1. The molecule has 0 aliphatic rings. The van der Waals surface area contributed by atoms with Crippen LogP contribution in [0.4, 0.5) is 17.6 Å². The molecule has 0 saturated carbocycles. The van der Waals surface area contributed by atoms with Crippen LogP contribution in [0.1, 0.15) is 83.8 Å². The number of hydrogen-bond acceptors (Lipinski definition) is 8. The summed E-state index contributed by atoms with van der Waals surface area (Å²) >= 11 is 0. The molecule has 1 aromatic heterocycles. The van der Waals surface area contributed by atoms with Gasteiger partial charge in [-0.3, -0.25) is 9.36 Å². The van der Waals surface area contributed by atoms with Crippen LogP contribution in [0, 0.1) is 20.8 Å². The number of benzene rings is 5. The van der Waals surface area contributed by atoms with Crippen LogP contribution in [0.25, 0.3) is 32.6 Å². The fraction of sp³-hybridized carbons (Fsp3) is 0.340. The molecule has 0 unspecified atom stereocenters. The molecule has 0 N–H and O–H groups in total. The first kappa shape index (κ1) is 45.2. The van der Waals surface area contributed by atoms with Crippen molar-refractivity contribution in [1.82, 2.24) is 4.57 Å². The number of rotatable bonds is 19. The molecule has 6 rings (SSSR count). The molecular weight excluding hydrogens is 811 g/mol. The van der Waals surface area contributed by atoms with Crippen molar-refractivity contribution in [2.24, 2.45) is 5.16 Å². The molecule has 0 aliphatic carbocycles. The number of ketones is 1. The zero-order valence-corrected chi connectivity index (χ0v) is 35.9. The van der Waals surface area contributed by atoms with E-state index in [1.54, 1.807) is 26.0 Å². The van der Waals surface area contributed by atoms with Gasteiger partial charge in [0.2, 0.25) is 0 Å². The van der Waals surface area contributed by atoms with E-state index in [1.165, 1.54) is 18.2 Å². The lowest BCUT2D eigenvalue weighted by Gasteiger charge is -2.18. The summed E-state index contributed by atoms with van der Waals surface area (Å²) < 4.78 is 86.0. The van der Waals surface area contributed by atoms with Crippen LogP contribution < -0.4 is 4.74 Å². The third-order valence-electron chi connectivity index (χ3n) is 10.4. The lowest BCUT2D eigenvalue weighted by atomic mass is 9.89. The van der Waals surface area contributed by atoms with Crippen molar-refractivity contribution >= 4 is 57.6 Å². The number of aromatic nitrogens is 1. The molecule has 14 heteroatoms. The quantitative estimate of drug-likeness (QED) is 0.0152. The van der Waals surface area contributed by atoms with Crippen LogP contribution in [0.5, 0.6) is 5.75 Å². The molecule has 5 aromatic carbocycles. The average molecular weight is 861 g/mol. The summed E-state index contributed by atoms with van der Waals surface area (Å²) in [6, 6.07) is 24.9. The Bertz CT molecular complexity index is 2640. The number of unbranched alkanes of at least 4 members (excludes halogenated alkanes) is 2. The Morgan fingerprint density at radius 1 is 0.787 bits per heavy atom. The van der Waals surface area contributed by atoms with Crippen LogP contribution in [-0.2, 0) is 29.8 Å². The molecule has 61 heavy (non-hydrogen) atoms. The van der Waals surface area contributed by atoms with Crippen LogP contribution in [-0.4, -0.2) is 60.4 Å². The Morgan fingerprint density at radius 2 is 1.44 bits per heavy atom. The van der Waals surface area contributed by atoms with E-state index in [1.807, 2.05) is 75.4 Å². The van der Waals surface area contributed by atoms with Gasteiger partial charge in [0.05, 0.1) is 24.9 Å². The van der Waals surface area contributed by atoms with Gasteiger partial charge in [-0.25, -0.2) is 13.6 Å². The number of carbonyl (C=O) groups is 2. The fourth-order valence-electron chi connectivity index (χ4n) is 7.91. The Labute approximate surface area is 352 Å². The van der Waals surface area contributed by atoms with Gasteiger partial charge in [0.15, 0.2) is 12.4 Å². The molecule has 6 aromatic rings. The number of fused-ring (bicyclic) bond motifs is 5. The van der Waals surface area contributed by atoms with Gasteiger partial charge in [-0.15, -0.1) is 0 Å². The van der Waals surface area contributed by atoms with E-state index in [9.17, 15) is 31.7 Å². The van der Waals surface area contributed by atoms with E-state index >= 15 is 0 Å². The van der Waals surface area contributed by atoms with Gasteiger partial charge in [0.25, 0.3) is 0 Å². The summed E-state index contributed by atoms with van der Waals surface area (Å²) in [6.07, 6.45) is -1.65. The number of ether oxygens (including phenoxy) is 1. The number of aryl methyl sites for hydroxylation is 4. The van der Waals surface area contributed by atoms with Gasteiger partial charge in [0.1, 0.15) is 11.5 Å². The van der Waals surface area contributed by atoms with Gasteiger partial charge in [-0.2, -0.15) is 8.78 Å². The lowest BCUT2D eigenvalue weighted by Crippen LogP contribution is -2.34. The maximum absolute atomic E-state index is 14.7. The highest BCUT2D eigenvalue weighted by Crippen LogP contribution is 2.49. The van der Waals surface area contributed by atoms with Crippen molar-refractivity contribution in [3.8, 4) is 5.75 Å². The van der Waals surface area contributed by atoms with Gasteiger partial charge >= 0.3 is 25.9 Å². The van der Waals surface area contributed by atoms with E-state index < -0.39 is 32.5 Å². The maximum atomic E-state index is 14.7. The largest absolute Gasteiger partial charge is 0.486 e. The van der Waals surface area contributed by atoms with Gasteiger partial charge < -0.3 is 23.2 Å². The molecular formula is C47H49F4N2O7P. The normalized spacial score (nSPS) is 12.5. The van der Waals surface area contributed by atoms with Gasteiger partial charge in [-0.05, 0) is 94.3 Å². The molecule has 0 amide bonds. The number of hydrogen-bond donors (Lipinski definition) is 0. The molecule has 0 aliphatic heterocycles. The minimum atomic E-state index is -4.43. The van der Waals surface area contributed by atoms with Crippen LogP contribution in [0.15, 0.2) is 90.1 Å². The highest BCUT2D eigenvalue weighted by molar-refractivity contribution is 7.53. The maximum Gasteiger partial charge on any atom is 0.340 e. The lowest BCUT2D eigenvalue weighted by molar-refractivity contribution is -0.148. The molecule has 0 spiro atoms. The second-order valence-electron chi connectivity index (χ2n) is 15.0. The van der Waals surface area contributed by atoms with Gasteiger partial charge in [-0.1, -0.05) is 71.7 Å². The average Bonchev–Trinajstić information content (AvgIpc) is 3.52. The predicted molar refractivity (Wildman–Crippen MR) is 231 cm³/mol. The van der Waals surface area contributed by atoms with E-state index in [0.717, 1.165) is 50.8 Å². The monoisotopic (exact) mass is 860 g/mol. The summed E-state index contributed by atoms with van der Waals surface area (Å²) in [5, 5.41) is 7.18. The Morgan fingerprint density at radius 3 is 2.10 bits per heavy atom. The summed E-state index contributed by atoms with van der Waals surface area (Å²) in [5.74, 6) is -5.51. The SMILES string of the molecule is CCOP(=O)(CCCCCn1c2ccc(C(=NOC(C)=O)c3ccccc3OCC(F)(F)C(F)F)cc2c2cc(C(=O)c3c(C)cc(C)cc3C)c3ccccc3c21)OCC. The van der Waals surface area contributed by atoms with Crippen LogP contribution >= 0.6 is 7.60 Å². The van der Waals surface area contributed by atoms with E-state index in [2.05, 4.69) is 9.72 Å². The number of nitrogens with zero attached hydrogens (tertiary/aromatic N) is 2. The smallest absolute Gasteiger partial charge is 0.340 e. The number of carbonyl (C=O) groups excluding carboxylic acids is 2. The number of halogens is 4. The van der Waals surface area contributed by atoms with Crippen molar-refractivity contribution < 1.29 is 50.3 Å². The van der Waals surface area contributed by atoms with Crippen molar-refractivity contribution in [3.63, 3.8) is 0 Å². The topological polar surface area (TPSA) is 105 Å². The second kappa shape index (κ2) is 19.1. The standard InChI is InChI=1S/C47H49F4N2O7P/c1-7-58-61(56,59-8-2)23-15-9-14-22-53-40-21-20-33(43(52-60-32(6)54)36-18-12-13-19-41(36)57-28-47(50,51)46(48)49)26-37(40)38-27-39(34-16-10-11-17-35(34)44(38)53)45(55)42-30(4)24-29(3)25-31(42)5/h10-13,16-21,24-27,46H,7-9,14-15,22-23,28H2,1-6H3. The van der Waals surface area contributed by atoms with Crippen LogP contribution in [0.2, 0.25) is 0 Å². The number of oxime groups is 1. The van der Waals surface area contributed by atoms with Gasteiger partial charge in [0, 0.05) is 57.4 Å². The fourth-order valence-corrected chi connectivity index (χ4v) is 9.64. The molecule has 9 nitrogen and oxygen atoms in total. The van der Waals surface area contributed by atoms with Crippen molar-refractivity contribution in [1.29, 1.82) is 0 Å². The summed E-state index contributed by atoms with van der Waals surface area (Å²) in [4.78, 5) is 31.9. The number of para-hydroxylation sites is 1. The molecule has 0 fully saturated rings. The minimum Gasteiger partial charge on any atom is -0.486 e. The third-order valence-corrected chi connectivity index (χ3v) is 12.6. The summed E-state index contributed by atoms with van der Waals surface area (Å²) in [6.45, 7) is 10.0. The molecule has 0 atom stereocenters. The van der Waals surface area contributed by atoms with E-state index in [4.69, 9.17) is 18.6 Å². The summed E-state index contributed by atoms with van der Waals surface area (Å²) in [7, 11) is -3.22. The Hall–Kier alpha value is -5.36. The molecule has 0 bridgehead atoms. The third kappa shape index (κ3) is 9.90. The zero-order valence-electron chi connectivity index (χ0n) is 35.0. The molecule has 0 saturated heterocycles.